The van der Waals surface area contributed by atoms with Crippen LogP contribution < -0.4 is 5.32 Å². The molecular weight excluding hydrogens is 298 g/mol. The molecule has 1 fully saturated rings. The molecule has 1 aromatic carbocycles. The smallest absolute Gasteiger partial charge is 0.269 e. The van der Waals surface area contributed by atoms with Gasteiger partial charge in [0.1, 0.15) is 0 Å². The fourth-order valence-electron chi connectivity index (χ4n) is 2.68. The number of hydrogen-bond acceptors (Lipinski definition) is 5. The number of carbonyl (C=O) groups excluding carboxylic acids is 1. The average Bonchev–Trinajstić information content (AvgIpc) is 3.01. The van der Waals surface area contributed by atoms with Gasteiger partial charge in [-0.1, -0.05) is 6.92 Å². The van der Waals surface area contributed by atoms with Crippen LogP contribution in [-0.4, -0.2) is 48.1 Å². The van der Waals surface area contributed by atoms with E-state index in [0.717, 1.165) is 32.5 Å². The molecule has 0 aromatic heterocycles. The second-order valence-corrected chi connectivity index (χ2v) is 5.77. The highest BCUT2D eigenvalue weighted by Gasteiger charge is 2.20. The monoisotopic (exact) mass is 321 g/mol. The Bertz CT molecular complexity index is 570. The number of nitro groups is 1. The molecule has 1 N–H and O–H groups in total. The van der Waals surface area contributed by atoms with Crippen molar-refractivity contribution in [1.82, 2.24) is 4.90 Å². The fourth-order valence-corrected chi connectivity index (χ4v) is 2.68. The van der Waals surface area contributed by atoms with Gasteiger partial charge < -0.3 is 10.1 Å². The third kappa shape index (κ3) is 5.01. The first-order valence-electron chi connectivity index (χ1n) is 7.88. The van der Waals surface area contributed by atoms with E-state index in [-0.39, 0.29) is 24.2 Å². The van der Waals surface area contributed by atoms with Crippen LogP contribution in [0.5, 0.6) is 0 Å². The molecule has 1 aromatic rings. The zero-order valence-electron chi connectivity index (χ0n) is 13.6. The Hall–Kier alpha value is -1.99. The van der Waals surface area contributed by atoms with E-state index >= 15 is 0 Å². The van der Waals surface area contributed by atoms with E-state index < -0.39 is 4.92 Å². The Morgan fingerprint density at radius 2 is 2.30 bits per heavy atom. The summed E-state index contributed by atoms with van der Waals surface area (Å²) in [4.78, 5) is 24.5. The van der Waals surface area contributed by atoms with Crippen LogP contribution >= 0.6 is 0 Å². The van der Waals surface area contributed by atoms with Gasteiger partial charge in [0.05, 0.1) is 17.6 Å². The van der Waals surface area contributed by atoms with Crippen molar-refractivity contribution in [3.05, 3.63) is 33.9 Å². The highest BCUT2D eigenvalue weighted by Crippen LogP contribution is 2.21. The standard InChI is InChI=1S/C16H23N3O4/c1-3-18(10-14-5-4-8-23-14)11-16(20)17-15-7-6-13(19(21)22)9-12(15)2/h6-7,9,14H,3-5,8,10-11H2,1-2H3,(H,17,20). The lowest BCUT2D eigenvalue weighted by Gasteiger charge is -2.23. The predicted molar refractivity (Wildman–Crippen MR) is 87.6 cm³/mol. The molecule has 0 radical (unpaired) electrons. The lowest BCUT2D eigenvalue weighted by molar-refractivity contribution is -0.384. The molecule has 0 spiro atoms. The lowest BCUT2D eigenvalue weighted by Crippen LogP contribution is -2.38. The maximum absolute atomic E-state index is 12.2. The SMILES string of the molecule is CCN(CC(=O)Nc1ccc([N+](=O)[O-])cc1C)CC1CCCO1. The number of nitrogens with one attached hydrogen (secondary N) is 1. The van der Waals surface area contributed by atoms with Crippen molar-refractivity contribution >= 4 is 17.3 Å². The molecule has 1 amide bonds. The van der Waals surface area contributed by atoms with Gasteiger partial charge in [-0.3, -0.25) is 19.8 Å². The van der Waals surface area contributed by atoms with Gasteiger partial charge in [0.2, 0.25) is 5.91 Å². The molecule has 1 aliphatic rings. The van der Waals surface area contributed by atoms with E-state index in [1.165, 1.54) is 12.1 Å². The second-order valence-electron chi connectivity index (χ2n) is 5.77. The largest absolute Gasteiger partial charge is 0.377 e. The third-order valence-corrected chi connectivity index (χ3v) is 4.00. The van der Waals surface area contributed by atoms with Crippen LogP contribution in [0.25, 0.3) is 0 Å². The summed E-state index contributed by atoms with van der Waals surface area (Å²) in [6, 6.07) is 4.42. The number of hydrogen-bond donors (Lipinski definition) is 1. The van der Waals surface area contributed by atoms with Crippen LogP contribution in [0.4, 0.5) is 11.4 Å². The van der Waals surface area contributed by atoms with Crippen molar-refractivity contribution in [2.24, 2.45) is 0 Å². The van der Waals surface area contributed by atoms with Crippen LogP contribution in [0.2, 0.25) is 0 Å². The first kappa shape index (κ1) is 17.4. The quantitative estimate of drug-likeness (QED) is 0.615. The maximum Gasteiger partial charge on any atom is 0.269 e. The van der Waals surface area contributed by atoms with Crippen LogP contribution in [0.15, 0.2) is 18.2 Å². The summed E-state index contributed by atoms with van der Waals surface area (Å²) in [5.74, 6) is -0.123. The van der Waals surface area contributed by atoms with Crippen LogP contribution in [0.3, 0.4) is 0 Å². The summed E-state index contributed by atoms with van der Waals surface area (Å²) in [5.41, 5.74) is 1.30. The van der Waals surface area contributed by atoms with Gasteiger partial charge in [-0.2, -0.15) is 0 Å². The van der Waals surface area contributed by atoms with Crippen LogP contribution in [0.1, 0.15) is 25.3 Å². The van der Waals surface area contributed by atoms with Crippen LogP contribution in [-0.2, 0) is 9.53 Å². The van der Waals surface area contributed by atoms with E-state index in [4.69, 9.17) is 4.74 Å². The Morgan fingerprint density at radius 1 is 1.52 bits per heavy atom. The summed E-state index contributed by atoms with van der Waals surface area (Å²) in [5, 5.41) is 13.6. The first-order valence-corrected chi connectivity index (χ1v) is 7.88. The predicted octanol–water partition coefficient (Wildman–Crippen LogP) is 2.34. The van der Waals surface area contributed by atoms with Crippen LogP contribution in [0, 0.1) is 17.0 Å². The number of anilines is 1. The highest BCUT2D eigenvalue weighted by molar-refractivity contribution is 5.93. The van der Waals surface area contributed by atoms with E-state index in [2.05, 4.69) is 5.32 Å². The molecular formula is C16H23N3O4. The molecule has 2 rings (SSSR count). The minimum absolute atomic E-state index is 0.0223. The van der Waals surface area contributed by atoms with Crippen molar-refractivity contribution in [2.75, 3.05) is 31.6 Å². The summed E-state index contributed by atoms with van der Waals surface area (Å²) < 4.78 is 5.60. The third-order valence-electron chi connectivity index (χ3n) is 4.00. The molecule has 1 atom stereocenters. The number of nitro benzene ring substituents is 1. The second kappa shape index (κ2) is 8.03. The Labute approximate surface area is 135 Å². The molecule has 0 aliphatic carbocycles. The molecule has 1 heterocycles. The van der Waals surface area contributed by atoms with E-state index in [1.54, 1.807) is 13.0 Å². The fraction of sp³-hybridized carbons (Fsp3) is 0.562. The number of non-ortho nitro benzene ring substituents is 1. The van der Waals surface area contributed by atoms with Gasteiger partial charge >= 0.3 is 0 Å². The van der Waals surface area contributed by atoms with Gasteiger partial charge in [0.25, 0.3) is 5.69 Å². The maximum atomic E-state index is 12.2. The number of likely N-dealkylation sites (N-methyl/N-ethyl adjacent to an activating group) is 1. The number of benzene rings is 1. The van der Waals surface area contributed by atoms with Gasteiger partial charge in [0.15, 0.2) is 0 Å². The van der Waals surface area contributed by atoms with Crippen molar-refractivity contribution < 1.29 is 14.5 Å². The summed E-state index contributed by atoms with van der Waals surface area (Å²) in [6.07, 6.45) is 2.33. The van der Waals surface area contributed by atoms with E-state index in [0.29, 0.717) is 11.3 Å². The summed E-state index contributed by atoms with van der Waals surface area (Å²) in [7, 11) is 0. The average molecular weight is 321 g/mol. The topological polar surface area (TPSA) is 84.7 Å². The van der Waals surface area contributed by atoms with Gasteiger partial charge in [-0.25, -0.2) is 0 Å². The molecule has 0 bridgehead atoms. The molecule has 1 saturated heterocycles. The van der Waals surface area contributed by atoms with E-state index in [9.17, 15) is 14.9 Å². The summed E-state index contributed by atoms with van der Waals surface area (Å²) >= 11 is 0. The zero-order valence-corrected chi connectivity index (χ0v) is 13.6. The number of aryl methyl sites for hydroxylation is 1. The van der Waals surface area contributed by atoms with Gasteiger partial charge in [0, 0.05) is 31.0 Å². The van der Waals surface area contributed by atoms with E-state index in [1.807, 2.05) is 11.8 Å². The Kier molecular flexibility index (Phi) is 6.06. The number of carbonyl (C=O) groups is 1. The van der Waals surface area contributed by atoms with Crippen molar-refractivity contribution in [1.29, 1.82) is 0 Å². The molecule has 7 heteroatoms. The molecule has 0 saturated carbocycles. The molecule has 23 heavy (non-hydrogen) atoms. The minimum Gasteiger partial charge on any atom is -0.377 e. The number of amides is 1. The lowest BCUT2D eigenvalue weighted by atomic mass is 10.2. The number of ether oxygens (including phenoxy) is 1. The van der Waals surface area contributed by atoms with Crippen molar-refractivity contribution in [3.63, 3.8) is 0 Å². The number of rotatable bonds is 7. The molecule has 7 nitrogen and oxygen atoms in total. The zero-order chi connectivity index (χ0) is 16.8. The highest BCUT2D eigenvalue weighted by atomic mass is 16.6. The number of nitrogens with zero attached hydrogens (tertiary/aromatic N) is 2. The molecule has 1 aliphatic heterocycles. The minimum atomic E-state index is -0.445. The van der Waals surface area contributed by atoms with Gasteiger partial charge in [-0.05, 0) is 37.9 Å². The van der Waals surface area contributed by atoms with Crippen molar-refractivity contribution in [2.45, 2.75) is 32.8 Å². The first-order chi connectivity index (χ1) is 11.0. The van der Waals surface area contributed by atoms with Gasteiger partial charge in [-0.15, -0.1) is 0 Å². The summed E-state index contributed by atoms with van der Waals surface area (Å²) in [6.45, 7) is 6.37. The Morgan fingerprint density at radius 3 is 2.87 bits per heavy atom. The molecule has 126 valence electrons. The Balaban J connectivity index is 1.91. The molecule has 1 unspecified atom stereocenters. The normalized spacial score (nSPS) is 17.4. The van der Waals surface area contributed by atoms with Crippen molar-refractivity contribution in [3.8, 4) is 0 Å².